The van der Waals surface area contributed by atoms with E-state index in [1.807, 2.05) is 0 Å². The predicted octanol–water partition coefficient (Wildman–Crippen LogP) is 2.09. The highest BCUT2D eigenvalue weighted by atomic mass is 19.1. The summed E-state index contributed by atoms with van der Waals surface area (Å²) < 4.78 is 12.6. The molecular formula is C11H11FO2. The average Bonchev–Trinajstić information content (AvgIpc) is 2.88. The van der Waals surface area contributed by atoms with Crippen LogP contribution in [0.15, 0.2) is 24.3 Å². The molecule has 0 radical (unpaired) electrons. The van der Waals surface area contributed by atoms with Crippen molar-refractivity contribution in [1.29, 1.82) is 0 Å². The van der Waals surface area contributed by atoms with Crippen LogP contribution in [-0.4, -0.2) is 11.1 Å². The Balaban J connectivity index is 1.94. The van der Waals surface area contributed by atoms with Crippen LogP contribution in [0.25, 0.3) is 0 Å². The van der Waals surface area contributed by atoms with Crippen LogP contribution in [0.5, 0.6) is 0 Å². The molecule has 0 aliphatic heterocycles. The molecule has 1 aliphatic carbocycles. The van der Waals surface area contributed by atoms with Gasteiger partial charge in [0.2, 0.25) is 0 Å². The minimum absolute atomic E-state index is 0.181. The van der Waals surface area contributed by atoms with Crippen molar-refractivity contribution in [2.45, 2.75) is 12.8 Å². The summed E-state index contributed by atoms with van der Waals surface area (Å²) in [6, 6.07) is 6.25. The number of hydrogen-bond donors (Lipinski definition) is 1. The summed E-state index contributed by atoms with van der Waals surface area (Å²) in [7, 11) is 0. The van der Waals surface area contributed by atoms with E-state index < -0.39 is 5.97 Å². The lowest BCUT2D eigenvalue weighted by Gasteiger charge is -1.98. The topological polar surface area (TPSA) is 37.3 Å². The molecule has 1 N–H and O–H groups in total. The van der Waals surface area contributed by atoms with Gasteiger partial charge in [0.15, 0.2) is 0 Å². The second kappa shape index (κ2) is 3.40. The molecule has 2 rings (SSSR count). The number of aliphatic carboxylic acids is 1. The van der Waals surface area contributed by atoms with E-state index in [0.717, 1.165) is 18.4 Å². The Morgan fingerprint density at radius 3 is 2.57 bits per heavy atom. The molecule has 2 nitrogen and oxygen atoms in total. The zero-order chi connectivity index (χ0) is 10.1. The molecule has 0 amide bonds. The van der Waals surface area contributed by atoms with Gasteiger partial charge in [-0.3, -0.25) is 4.79 Å². The molecule has 1 aromatic rings. The van der Waals surface area contributed by atoms with Crippen LogP contribution < -0.4 is 0 Å². The van der Waals surface area contributed by atoms with E-state index in [1.165, 1.54) is 12.1 Å². The van der Waals surface area contributed by atoms with Crippen molar-refractivity contribution in [2.24, 2.45) is 11.8 Å². The first-order valence-electron chi connectivity index (χ1n) is 4.64. The third kappa shape index (κ3) is 1.92. The van der Waals surface area contributed by atoms with Gasteiger partial charge < -0.3 is 5.11 Å². The average molecular weight is 194 g/mol. The molecule has 1 aliphatic rings. The second-order valence-corrected chi connectivity index (χ2v) is 3.77. The highest BCUT2D eigenvalue weighted by molar-refractivity contribution is 5.73. The fraction of sp³-hybridized carbons (Fsp3) is 0.364. The minimum atomic E-state index is -0.711. The maximum atomic E-state index is 12.6. The minimum Gasteiger partial charge on any atom is -0.481 e. The Kier molecular flexibility index (Phi) is 2.23. The Morgan fingerprint density at radius 2 is 2.07 bits per heavy atom. The van der Waals surface area contributed by atoms with E-state index in [0.29, 0.717) is 0 Å². The second-order valence-electron chi connectivity index (χ2n) is 3.77. The van der Waals surface area contributed by atoms with Gasteiger partial charge >= 0.3 is 5.97 Å². The van der Waals surface area contributed by atoms with Crippen LogP contribution in [0.4, 0.5) is 4.39 Å². The van der Waals surface area contributed by atoms with Crippen LogP contribution in [0.2, 0.25) is 0 Å². The molecule has 1 saturated carbocycles. The first-order chi connectivity index (χ1) is 6.66. The molecule has 2 atom stereocenters. The first kappa shape index (κ1) is 9.19. The Hall–Kier alpha value is -1.38. The maximum absolute atomic E-state index is 12.6. The van der Waals surface area contributed by atoms with E-state index in [4.69, 9.17) is 5.11 Å². The van der Waals surface area contributed by atoms with Crippen molar-refractivity contribution in [3.8, 4) is 0 Å². The number of rotatable bonds is 3. The molecular weight excluding hydrogens is 183 g/mol. The molecule has 0 bridgehead atoms. The molecule has 1 fully saturated rings. The highest BCUT2D eigenvalue weighted by Crippen LogP contribution is 2.41. The smallest absolute Gasteiger partial charge is 0.306 e. The molecule has 0 spiro atoms. The zero-order valence-corrected chi connectivity index (χ0v) is 7.61. The van der Waals surface area contributed by atoms with Gasteiger partial charge in [0.1, 0.15) is 5.82 Å². The van der Waals surface area contributed by atoms with Gasteiger partial charge in [0, 0.05) is 0 Å². The van der Waals surface area contributed by atoms with Crippen molar-refractivity contribution in [3.05, 3.63) is 35.6 Å². The summed E-state index contributed by atoms with van der Waals surface area (Å²) in [5.74, 6) is -0.894. The normalized spacial score (nSPS) is 24.6. The summed E-state index contributed by atoms with van der Waals surface area (Å²) in [5, 5.41) is 8.69. The lowest BCUT2D eigenvalue weighted by molar-refractivity contribution is -0.138. The quantitative estimate of drug-likeness (QED) is 0.799. The lowest BCUT2D eigenvalue weighted by Crippen LogP contribution is -2.01. The fourth-order valence-corrected chi connectivity index (χ4v) is 1.70. The SMILES string of the molecule is O=C(O)[C@H]1C[C@@H]1Cc1ccc(F)cc1. The van der Waals surface area contributed by atoms with Gasteiger partial charge in [0.25, 0.3) is 0 Å². The molecule has 0 heterocycles. The summed E-state index contributed by atoms with van der Waals surface area (Å²) >= 11 is 0. The van der Waals surface area contributed by atoms with Crippen molar-refractivity contribution in [1.82, 2.24) is 0 Å². The highest BCUT2D eigenvalue weighted by Gasteiger charge is 2.42. The maximum Gasteiger partial charge on any atom is 0.306 e. The summed E-state index contributed by atoms with van der Waals surface area (Å²) in [5.41, 5.74) is 1.01. The molecule has 14 heavy (non-hydrogen) atoms. The standard InChI is InChI=1S/C11H11FO2/c12-9-3-1-7(2-4-9)5-8-6-10(8)11(13)14/h1-4,8,10H,5-6H2,(H,13,14)/t8-,10-/m0/s1. The number of hydrogen-bond acceptors (Lipinski definition) is 1. The Bertz CT molecular complexity index is 345. The van der Waals surface area contributed by atoms with Gasteiger partial charge in [0.05, 0.1) is 5.92 Å². The summed E-state index contributed by atoms with van der Waals surface area (Å²) in [6.45, 7) is 0. The number of halogens is 1. The van der Waals surface area contributed by atoms with Crippen molar-refractivity contribution >= 4 is 5.97 Å². The van der Waals surface area contributed by atoms with Crippen molar-refractivity contribution < 1.29 is 14.3 Å². The third-order valence-electron chi connectivity index (χ3n) is 2.65. The van der Waals surface area contributed by atoms with Gasteiger partial charge in [-0.05, 0) is 36.5 Å². The van der Waals surface area contributed by atoms with Gasteiger partial charge in [-0.15, -0.1) is 0 Å². The molecule has 1 aromatic carbocycles. The molecule has 3 heteroatoms. The molecule has 0 aromatic heterocycles. The third-order valence-corrected chi connectivity index (χ3v) is 2.65. The number of benzene rings is 1. The number of carbonyl (C=O) groups is 1. The van der Waals surface area contributed by atoms with E-state index in [-0.39, 0.29) is 17.7 Å². The van der Waals surface area contributed by atoms with Crippen LogP contribution in [-0.2, 0) is 11.2 Å². The lowest BCUT2D eigenvalue weighted by atomic mass is 10.1. The van der Waals surface area contributed by atoms with Crippen LogP contribution in [0.1, 0.15) is 12.0 Å². The van der Waals surface area contributed by atoms with Crippen LogP contribution in [0, 0.1) is 17.7 Å². The van der Waals surface area contributed by atoms with E-state index >= 15 is 0 Å². The number of carboxylic acid groups (broad SMARTS) is 1. The van der Waals surface area contributed by atoms with Crippen molar-refractivity contribution in [3.63, 3.8) is 0 Å². The molecule has 74 valence electrons. The largest absolute Gasteiger partial charge is 0.481 e. The predicted molar refractivity (Wildman–Crippen MR) is 49.3 cm³/mol. The fourth-order valence-electron chi connectivity index (χ4n) is 1.70. The van der Waals surface area contributed by atoms with E-state index in [2.05, 4.69) is 0 Å². The molecule has 0 saturated heterocycles. The summed E-state index contributed by atoms with van der Waals surface area (Å²) in [6.07, 6.45) is 1.50. The summed E-state index contributed by atoms with van der Waals surface area (Å²) in [4.78, 5) is 10.6. The van der Waals surface area contributed by atoms with Gasteiger partial charge in [-0.1, -0.05) is 12.1 Å². The Labute approximate surface area is 81.4 Å². The first-order valence-corrected chi connectivity index (χ1v) is 4.64. The van der Waals surface area contributed by atoms with Gasteiger partial charge in [-0.25, -0.2) is 4.39 Å². The zero-order valence-electron chi connectivity index (χ0n) is 7.61. The monoisotopic (exact) mass is 194 g/mol. The van der Waals surface area contributed by atoms with E-state index in [9.17, 15) is 9.18 Å². The van der Waals surface area contributed by atoms with Crippen molar-refractivity contribution in [2.75, 3.05) is 0 Å². The van der Waals surface area contributed by atoms with Crippen LogP contribution >= 0.6 is 0 Å². The van der Waals surface area contributed by atoms with E-state index in [1.54, 1.807) is 12.1 Å². The van der Waals surface area contributed by atoms with Gasteiger partial charge in [-0.2, -0.15) is 0 Å². The van der Waals surface area contributed by atoms with Crippen LogP contribution in [0.3, 0.4) is 0 Å². The number of carboxylic acids is 1. The Morgan fingerprint density at radius 1 is 1.43 bits per heavy atom. The molecule has 0 unspecified atom stereocenters.